The van der Waals surface area contributed by atoms with Crippen LogP contribution in [0.5, 0.6) is 5.75 Å². The molecular formula is C24H31NO3. The summed E-state index contributed by atoms with van der Waals surface area (Å²) in [6.45, 7) is 10.1. The summed E-state index contributed by atoms with van der Waals surface area (Å²) in [7, 11) is 0. The number of carbonyl (C=O) groups excluding carboxylic acids is 1. The van der Waals surface area contributed by atoms with Gasteiger partial charge in [-0.1, -0.05) is 30.3 Å². The molecule has 28 heavy (non-hydrogen) atoms. The lowest BCUT2D eigenvalue weighted by molar-refractivity contribution is 0.00701. The van der Waals surface area contributed by atoms with E-state index in [1.807, 2.05) is 58.0 Å². The summed E-state index contributed by atoms with van der Waals surface area (Å²) in [6, 6.07) is 14.1. The van der Waals surface area contributed by atoms with E-state index in [0.717, 1.165) is 48.5 Å². The molecule has 2 aromatic carbocycles. The Morgan fingerprint density at radius 1 is 1.04 bits per heavy atom. The normalized spacial score (nSPS) is 14.6. The SMILES string of the molecule is Cc1cc(C(=O)OC(C)(C)C)c(N2CCCCC2)cc1OCc1ccccc1. The molecule has 4 heteroatoms. The van der Waals surface area contributed by atoms with Crippen LogP contribution in [0.25, 0.3) is 0 Å². The van der Waals surface area contributed by atoms with Crippen molar-refractivity contribution >= 4 is 11.7 Å². The van der Waals surface area contributed by atoms with Crippen molar-refractivity contribution in [1.29, 1.82) is 0 Å². The van der Waals surface area contributed by atoms with Gasteiger partial charge in [0.15, 0.2) is 0 Å². The molecule has 1 saturated heterocycles. The summed E-state index contributed by atoms with van der Waals surface area (Å²) in [5.74, 6) is 0.544. The zero-order chi connectivity index (χ0) is 20.1. The van der Waals surface area contributed by atoms with E-state index in [0.29, 0.717) is 12.2 Å². The van der Waals surface area contributed by atoms with Crippen LogP contribution in [0.4, 0.5) is 5.69 Å². The molecule has 0 unspecified atom stereocenters. The Kier molecular flexibility index (Phi) is 6.28. The van der Waals surface area contributed by atoms with Gasteiger partial charge in [-0.2, -0.15) is 0 Å². The number of aryl methyl sites for hydroxylation is 1. The number of hydrogen-bond donors (Lipinski definition) is 0. The van der Waals surface area contributed by atoms with Crippen molar-refractivity contribution < 1.29 is 14.3 Å². The summed E-state index contributed by atoms with van der Waals surface area (Å²) in [6.07, 6.45) is 3.52. The lowest BCUT2D eigenvalue weighted by Crippen LogP contribution is -2.32. The first-order chi connectivity index (χ1) is 13.3. The molecule has 0 radical (unpaired) electrons. The van der Waals surface area contributed by atoms with Crippen molar-refractivity contribution in [2.24, 2.45) is 0 Å². The van der Waals surface area contributed by atoms with E-state index >= 15 is 0 Å². The van der Waals surface area contributed by atoms with Crippen LogP contribution in [0.3, 0.4) is 0 Å². The van der Waals surface area contributed by atoms with Gasteiger partial charge in [-0.05, 0) is 64.2 Å². The number of piperidine rings is 1. The highest BCUT2D eigenvalue weighted by atomic mass is 16.6. The number of hydrogen-bond acceptors (Lipinski definition) is 4. The highest BCUT2D eigenvalue weighted by Gasteiger charge is 2.25. The van der Waals surface area contributed by atoms with E-state index in [1.54, 1.807) is 0 Å². The van der Waals surface area contributed by atoms with Gasteiger partial charge in [0.1, 0.15) is 18.0 Å². The number of carbonyl (C=O) groups is 1. The zero-order valence-corrected chi connectivity index (χ0v) is 17.5. The number of nitrogens with zero attached hydrogens (tertiary/aromatic N) is 1. The molecule has 150 valence electrons. The first-order valence-electron chi connectivity index (χ1n) is 10.1. The van der Waals surface area contributed by atoms with Crippen LogP contribution in [-0.2, 0) is 11.3 Å². The topological polar surface area (TPSA) is 38.8 Å². The predicted molar refractivity (Wildman–Crippen MR) is 113 cm³/mol. The summed E-state index contributed by atoms with van der Waals surface area (Å²) < 4.78 is 11.8. The molecule has 3 rings (SSSR count). The fourth-order valence-corrected chi connectivity index (χ4v) is 3.46. The monoisotopic (exact) mass is 381 g/mol. The molecule has 2 aromatic rings. The lowest BCUT2D eigenvalue weighted by Gasteiger charge is -2.31. The fourth-order valence-electron chi connectivity index (χ4n) is 3.46. The Morgan fingerprint density at radius 2 is 1.71 bits per heavy atom. The van der Waals surface area contributed by atoms with Crippen molar-refractivity contribution in [3.05, 3.63) is 59.2 Å². The molecule has 1 aliphatic rings. The Bertz CT molecular complexity index is 803. The molecule has 1 fully saturated rings. The largest absolute Gasteiger partial charge is 0.489 e. The van der Waals surface area contributed by atoms with Gasteiger partial charge >= 0.3 is 5.97 Å². The minimum atomic E-state index is -0.521. The minimum Gasteiger partial charge on any atom is -0.489 e. The molecule has 0 N–H and O–H groups in total. The average Bonchev–Trinajstić information content (AvgIpc) is 2.67. The molecule has 0 atom stereocenters. The third-order valence-electron chi connectivity index (χ3n) is 4.85. The molecule has 4 nitrogen and oxygen atoms in total. The summed E-state index contributed by atoms with van der Waals surface area (Å²) in [4.78, 5) is 15.2. The third-order valence-corrected chi connectivity index (χ3v) is 4.85. The summed E-state index contributed by atoms with van der Waals surface area (Å²) >= 11 is 0. The quantitative estimate of drug-likeness (QED) is 0.639. The van der Waals surface area contributed by atoms with Crippen LogP contribution in [0.15, 0.2) is 42.5 Å². The van der Waals surface area contributed by atoms with E-state index in [1.165, 1.54) is 6.42 Å². The second-order valence-corrected chi connectivity index (χ2v) is 8.46. The summed E-state index contributed by atoms with van der Waals surface area (Å²) in [5, 5.41) is 0. The number of anilines is 1. The van der Waals surface area contributed by atoms with Gasteiger partial charge in [0.2, 0.25) is 0 Å². The standard InChI is InChI=1S/C24H31NO3/c1-18-15-20(23(26)28-24(2,3)4)21(25-13-9-6-10-14-25)16-22(18)27-17-19-11-7-5-8-12-19/h5,7-8,11-12,15-16H,6,9-10,13-14,17H2,1-4H3. The first-order valence-corrected chi connectivity index (χ1v) is 10.1. The molecule has 0 bridgehead atoms. The highest BCUT2D eigenvalue weighted by Crippen LogP contribution is 2.33. The number of ether oxygens (including phenoxy) is 2. The molecule has 0 amide bonds. The first kappa shape index (κ1) is 20.2. The minimum absolute atomic E-state index is 0.272. The van der Waals surface area contributed by atoms with Crippen molar-refractivity contribution in [2.75, 3.05) is 18.0 Å². The maximum Gasteiger partial charge on any atom is 0.340 e. The second kappa shape index (κ2) is 8.68. The Hall–Kier alpha value is -2.49. The molecular weight excluding hydrogens is 350 g/mol. The Labute approximate surface area is 168 Å². The maximum atomic E-state index is 12.9. The number of benzene rings is 2. The maximum absolute atomic E-state index is 12.9. The zero-order valence-electron chi connectivity index (χ0n) is 17.5. The van der Waals surface area contributed by atoms with Gasteiger partial charge in [0.25, 0.3) is 0 Å². The Morgan fingerprint density at radius 3 is 2.36 bits per heavy atom. The number of esters is 1. The van der Waals surface area contributed by atoms with Gasteiger partial charge in [-0.15, -0.1) is 0 Å². The Balaban J connectivity index is 1.90. The van der Waals surface area contributed by atoms with Crippen LogP contribution in [0.2, 0.25) is 0 Å². The van der Waals surface area contributed by atoms with Gasteiger partial charge in [0.05, 0.1) is 11.3 Å². The highest BCUT2D eigenvalue weighted by molar-refractivity contribution is 5.97. The van der Waals surface area contributed by atoms with E-state index in [2.05, 4.69) is 17.0 Å². The van der Waals surface area contributed by atoms with E-state index in [-0.39, 0.29) is 5.97 Å². The number of rotatable bonds is 5. The second-order valence-electron chi connectivity index (χ2n) is 8.46. The molecule has 0 saturated carbocycles. The van der Waals surface area contributed by atoms with Crippen LogP contribution >= 0.6 is 0 Å². The smallest absolute Gasteiger partial charge is 0.340 e. The lowest BCUT2D eigenvalue weighted by atomic mass is 10.0. The van der Waals surface area contributed by atoms with Gasteiger partial charge in [-0.3, -0.25) is 0 Å². The molecule has 1 aliphatic heterocycles. The van der Waals surface area contributed by atoms with E-state index in [4.69, 9.17) is 9.47 Å². The van der Waals surface area contributed by atoms with Gasteiger partial charge in [-0.25, -0.2) is 4.79 Å². The van der Waals surface area contributed by atoms with Crippen LogP contribution in [-0.4, -0.2) is 24.7 Å². The molecule has 1 heterocycles. The average molecular weight is 382 g/mol. The van der Waals surface area contributed by atoms with Crippen molar-refractivity contribution in [3.8, 4) is 5.75 Å². The van der Waals surface area contributed by atoms with Crippen molar-refractivity contribution in [3.63, 3.8) is 0 Å². The molecule has 0 spiro atoms. The van der Waals surface area contributed by atoms with E-state index < -0.39 is 5.60 Å². The van der Waals surface area contributed by atoms with Gasteiger partial charge in [0, 0.05) is 19.2 Å². The fraction of sp³-hybridized carbons (Fsp3) is 0.458. The van der Waals surface area contributed by atoms with Crippen molar-refractivity contribution in [1.82, 2.24) is 0 Å². The van der Waals surface area contributed by atoms with Crippen molar-refractivity contribution in [2.45, 2.75) is 59.2 Å². The van der Waals surface area contributed by atoms with Crippen LogP contribution in [0, 0.1) is 6.92 Å². The third kappa shape index (κ3) is 5.28. The predicted octanol–water partition coefficient (Wildman–Crippen LogP) is 5.52. The van der Waals surface area contributed by atoms with Crippen LogP contribution in [0.1, 0.15) is 61.5 Å². The van der Waals surface area contributed by atoms with Gasteiger partial charge < -0.3 is 14.4 Å². The van der Waals surface area contributed by atoms with E-state index in [9.17, 15) is 4.79 Å². The molecule has 0 aromatic heterocycles. The molecule has 0 aliphatic carbocycles. The van der Waals surface area contributed by atoms with Crippen LogP contribution < -0.4 is 9.64 Å². The summed E-state index contributed by atoms with van der Waals surface area (Å²) in [5.41, 5.74) is 3.09.